The lowest BCUT2D eigenvalue weighted by Gasteiger charge is -2.15. The molecular weight excluding hydrogens is 374 g/mol. The SMILES string of the molecule is C[C@H](NC(=O)Nc1cc2c(cc1Cl)OCO2)c1ncnn1-c1ncccn1. The van der Waals surface area contributed by atoms with E-state index in [0.29, 0.717) is 34.0 Å². The Hall–Kier alpha value is -3.40. The zero-order chi connectivity index (χ0) is 18.8. The molecule has 3 heterocycles. The van der Waals surface area contributed by atoms with Crippen molar-refractivity contribution in [3.63, 3.8) is 0 Å². The van der Waals surface area contributed by atoms with Crippen molar-refractivity contribution in [2.24, 2.45) is 0 Å². The van der Waals surface area contributed by atoms with Crippen molar-refractivity contribution in [1.29, 1.82) is 0 Å². The number of ether oxygens (including phenoxy) is 2. The van der Waals surface area contributed by atoms with Crippen LogP contribution in [-0.4, -0.2) is 37.6 Å². The van der Waals surface area contributed by atoms with Crippen LogP contribution in [0.25, 0.3) is 5.95 Å². The van der Waals surface area contributed by atoms with Crippen LogP contribution >= 0.6 is 11.6 Å². The van der Waals surface area contributed by atoms with Crippen LogP contribution in [0.15, 0.2) is 36.9 Å². The minimum Gasteiger partial charge on any atom is -0.454 e. The largest absolute Gasteiger partial charge is 0.454 e. The Morgan fingerprint density at radius 1 is 1.22 bits per heavy atom. The van der Waals surface area contributed by atoms with Gasteiger partial charge in [-0.15, -0.1) is 0 Å². The maximum absolute atomic E-state index is 12.4. The summed E-state index contributed by atoms with van der Waals surface area (Å²) in [6.45, 7) is 1.89. The molecule has 0 unspecified atom stereocenters. The number of halogens is 1. The van der Waals surface area contributed by atoms with Gasteiger partial charge in [0.15, 0.2) is 17.3 Å². The molecule has 0 aliphatic carbocycles. The number of anilines is 1. The number of carbonyl (C=O) groups is 1. The van der Waals surface area contributed by atoms with Crippen LogP contribution in [0.3, 0.4) is 0 Å². The highest BCUT2D eigenvalue weighted by atomic mass is 35.5. The summed E-state index contributed by atoms with van der Waals surface area (Å²) in [6.07, 6.45) is 4.57. The van der Waals surface area contributed by atoms with Gasteiger partial charge < -0.3 is 20.1 Å². The first-order valence-corrected chi connectivity index (χ1v) is 8.33. The lowest BCUT2D eigenvalue weighted by atomic mass is 10.2. The van der Waals surface area contributed by atoms with Crippen LogP contribution in [0.4, 0.5) is 10.5 Å². The Morgan fingerprint density at radius 3 is 2.74 bits per heavy atom. The smallest absolute Gasteiger partial charge is 0.319 e. The third-order valence-electron chi connectivity index (χ3n) is 3.76. The van der Waals surface area contributed by atoms with Crippen molar-refractivity contribution in [2.75, 3.05) is 12.1 Å². The van der Waals surface area contributed by atoms with E-state index in [2.05, 4.69) is 30.7 Å². The quantitative estimate of drug-likeness (QED) is 0.705. The fourth-order valence-corrected chi connectivity index (χ4v) is 2.73. The number of nitrogens with one attached hydrogen (secondary N) is 2. The van der Waals surface area contributed by atoms with Gasteiger partial charge in [0.25, 0.3) is 5.95 Å². The van der Waals surface area contributed by atoms with Crippen molar-refractivity contribution in [2.45, 2.75) is 13.0 Å². The standard InChI is InChI=1S/C16H14ClN7O3/c1-9(14-20-7-21-24(14)15-18-3-2-4-19-15)22-16(25)23-11-6-13-12(5-10(11)17)26-8-27-13/h2-7,9H,8H2,1H3,(H2,22,23,25)/t9-/m0/s1. The molecule has 2 amide bonds. The number of urea groups is 1. The van der Waals surface area contributed by atoms with Gasteiger partial charge >= 0.3 is 6.03 Å². The number of hydrogen-bond acceptors (Lipinski definition) is 7. The molecule has 0 spiro atoms. The molecule has 2 aromatic heterocycles. The number of amides is 2. The number of nitrogens with zero attached hydrogens (tertiary/aromatic N) is 5. The molecule has 0 saturated heterocycles. The first-order chi connectivity index (χ1) is 13.1. The molecule has 11 heteroatoms. The highest BCUT2D eigenvalue weighted by molar-refractivity contribution is 6.34. The van der Waals surface area contributed by atoms with Crippen LogP contribution in [0.1, 0.15) is 18.8 Å². The number of aromatic nitrogens is 5. The fraction of sp³-hybridized carbons (Fsp3) is 0.188. The Labute approximate surface area is 158 Å². The van der Waals surface area contributed by atoms with Crippen molar-refractivity contribution in [3.05, 3.63) is 47.8 Å². The third kappa shape index (κ3) is 3.47. The minimum absolute atomic E-state index is 0.121. The summed E-state index contributed by atoms with van der Waals surface area (Å²) >= 11 is 6.17. The Morgan fingerprint density at radius 2 is 1.96 bits per heavy atom. The molecule has 1 aliphatic heterocycles. The lowest BCUT2D eigenvalue weighted by molar-refractivity contribution is 0.174. The van der Waals surface area contributed by atoms with Crippen molar-refractivity contribution in [3.8, 4) is 17.4 Å². The maximum atomic E-state index is 12.4. The number of rotatable bonds is 4. The number of hydrogen-bond donors (Lipinski definition) is 2. The van der Waals surface area contributed by atoms with E-state index in [0.717, 1.165) is 0 Å². The van der Waals surface area contributed by atoms with Crippen LogP contribution in [-0.2, 0) is 0 Å². The highest BCUT2D eigenvalue weighted by Crippen LogP contribution is 2.39. The molecule has 27 heavy (non-hydrogen) atoms. The van der Waals surface area contributed by atoms with E-state index in [1.165, 1.54) is 11.0 Å². The molecule has 0 fully saturated rings. The van der Waals surface area contributed by atoms with Crippen LogP contribution < -0.4 is 20.1 Å². The van der Waals surface area contributed by atoms with Gasteiger partial charge in [0.05, 0.1) is 16.8 Å². The number of carbonyl (C=O) groups excluding carboxylic acids is 1. The van der Waals surface area contributed by atoms with E-state index in [9.17, 15) is 4.79 Å². The molecule has 2 N–H and O–H groups in total. The Bertz CT molecular complexity index is 979. The zero-order valence-electron chi connectivity index (χ0n) is 14.1. The van der Waals surface area contributed by atoms with Gasteiger partial charge in [0.2, 0.25) is 6.79 Å². The molecule has 1 aliphatic rings. The maximum Gasteiger partial charge on any atom is 0.319 e. The molecule has 10 nitrogen and oxygen atoms in total. The van der Waals surface area contributed by atoms with Gasteiger partial charge in [-0.2, -0.15) is 9.78 Å². The summed E-state index contributed by atoms with van der Waals surface area (Å²) in [4.78, 5) is 24.8. The molecule has 1 aromatic carbocycles. The molecule has 1 atom stereocenters. The van der Waals surface area contributed by atoms with E-state index in [1.54, 1.807) is 37.5 Å². The average Bonchev–Trinajstić information content (AvgIpc) is 3.31. The minimum atomic E-state index is -0.468. The number of benzene rings is 1. The summed E-state index contributed by atoms with van der Waals surface area (Å²) < 4.78 is 12.0. The monoisotopic (exact) mass is 387 g/mol. The van der Waals surface area contributed by atoms with Crippen molar-refractivity contribution < 1.29 is 14.3 Å². The van der Waals surface area contributed by atoms with Gasteiger partial charge in [-0.05, 0) is 13.0 Å². The topological polar surface area (TPSA) is 116 Å². The average molecular weight is 388 g/mol. The van der Waals surface area contributed by atoms with Crippen molar-refractivity contribution >= 4 is 23.3 Å². The summed E-state index contributed by atoms with van der Waals surface area (Å²) in [6, 6.07) is 3.96. The van der Waals surface area contributed by atoms with Crippen LogP contribution in [0.2, 0.25) is 5.02 Å². The Kier molecular flexibility index (Phi) is 4.47. The molecule has 4 rings (SSSR count). The van der Waals surface area contributed by atoms with Gasteiger partial charge in [-0.25, -0.2) is 19.7 Å². The molecule has 0 radical (unpaired) electrons. The molecule has 0 bridgehead atoms. The second kappa shape index (κ2) is 7.08. The Balaban J connectivity index is 1.47. The summed E-state index contributed by atoms with van der Waals surface area (Å²) in [5.74, 6) is 1.89. The summed E-state index contributed by atoms with van der Waals surface area (Å²) in [5, 5.41) is 9.91. The lowest BCUT2D eigenvalue weighted by Crippen LogP contribution is -2.32. The first-order valence-electron chi connectivity index (χ1n) is 7.96. The van der Waals surface area contributed by atoms with Gasteiger partial charge in [-0.1, -0.05) is 11.6 Å². The predicted molar refractivity (Wildman–Crippen MR) is 95.1 cm³/mol. The van der Waals surface area contributed by atoms with E-state index in [-0.39, 0.29) is 6.79 Å². The summed E-state index contributed by atoms with van der Waals surface area (Å²) in [5.41, 5.74) is 0.401. The first kappa shape index (κ1) is 17.0. The van der Waals surface area contributed by atoms with E-state index >= 15 is 0 Å². The normalized spacial score (nSPS) is 13.3. The second-order valence-corrected chi connectivity index (χ2v) is 5.99. The molecular formula is C16H14ClN7O3. The molecule has 3 aromatic rings. The van der Waals surface area contributed by atoms with E-state index in [1.807, 2.05) is 0 Å². The van der Waals surface area contributed by atoms with Gasteiger partial charge in [-0.3, -0.25) is 0 Å². The van der Waals surface area contributed by atoms with E-state index in [4.69, 9.17) is 21.1 Å². The number of fused-ring (bicyclic) bond motifs is 1. The van der Waals surface area contributed by atoms with Gasteiger partial charge in [0, 0.05) is 24.5 Å². The van der Waals surface area contributed by atoms with Crippen molar-refractivity contribution in [1.82, 2.24) is 30.0 Å². The fourth-order valence-electron chi connectivity index (χ4n) is 2.53. The summed E-state index contributed by atoms with van der Waals surface area (Å²) in [7, 11) is 0. The van der Waals surface area contributed by atoms with Gasteiger partial charge in [0.1, 0.15) is 6.33 Å². The third-order valence-corrected chi connectivity index (χ3v) is 4.07. The van der Waals surface area contributed by atoms with Crippen LogP contribution in [0, 0.1) is 0 Å². The highest BCUT2D eigenvalue weighted by Gasteiger charge is 2.20. The van der Waals surface area contributed by atoms with E-state index < -0.39 is 12.1 Å². The van der Waals surface area contributed by atoms with Crippen LogP contribution in [0.5, 0.6) is 11.5 Å². The molecule has 138 valence electrons. The zero-order valence-corrected chi connectivity index (χ0v) is 14.8. The molecule has 0 saturated carbocycles. The second-order valence-electron chi connectivity index (χ2n) is 5.58. The predicted octanol–water partition coefficient (Wildman–Crippen LogP) is 2.32.